The van der Waals surface area contributed by atoms with Crippen molar-refractivity contribution < 1.29 is 18.8 Å². The zero-order chi connectivity index (χ0) is 32.6. The summed E-state index contributed by atoms with van der Waals surface area (Å²) in [7, 11) is -0.691. The standard InChI is InChI=1S/C34H41N3O4S3Si/c1-34(2,3)45(5,6)41-28(21-26-9-7-8-25(20-26)10-11-27-22-30(23-35)43-24-27)14-16-36-18-19-42-33(39)37(36)17-15-29-12-13-31(44-29)32(38)40-4/h7-9,12-13,20,22,24,28H,14-19,21H2,1-6H3. The van der Waals surface area contributed by atoms with Gasteiger partial charge in [0.05, 0.1) is 13.2 Å². The van der Waals surface area contributed by atoms with Crippen molar-refractivity contribution >= 4 is 54.0 Å². The number of hydrogen-bond acceptors (Lipinski definition) is 9. The molecule has 1 saturated heterocycles. The third-order valence-corrected chi connectivity index (χ3v) is 15.5. The van der Waals surface area contributed by atoms with E-state index in [1.807, 2.05) is 34.7 Å². The predicted molar refractivity (Wildman–Crippen MR) is 187 cm³/mol. The number of carbonyl (C=O) groups excluding carboxylic acids is 2. The number of esters is 1. The fourth-order valence-corrected chi connectivity index (χ4v) is 8.45. The van der Waals surface area contributed by atoms with Gasteiger partial charge in [-0.3, -0.25) is 9.80 Å². The van der Waals surface area contributed by atoms with Crippen molar-refractivity contribution in [1.82, 2.24) is 10.0 Å². The molecule has 3 heterocycles. The summed E-state index contributed by atoms with van der Waals surface area (Å²) in [5.74, 6) is 6.86. The minimum Gasteiger partial charge on any atom is -0.465 e. The molecule has 0 N–H and O–H groups in total. The van der Waals surface area contributed by atoms with Gasteiger partial charge in [-0.15, -0.1) is 22.7 Å². The smallest absolute Gasteiger partial charge is 0.348 e. The molecule has 2 aromatic heterocycles. The monoisotopic (exact) mass is 679 g/mol. The van der Waals surface area contributed by atoms with Crippen LogP contribution in [0.15, 0.2) is 47.8 Å². The molecule has 1 fully saturated rings. The van der Waals surface area contributed by atoms with Crippen LogP contribution in [0.1, 0.15) is 63.3 Å². The summed E-state index contributed by atoms with van der Waals surface area (Å²) in [6.45, 7) is 13.4. The topological polar surface area (TPSA) is 82.9 Å². The molecule has 238 valence electrons. The number of benzene rings is 1. The molecule has 11 heteroatoms. The van der Waals surface area contributed by atoms with Gasteiger partial charge in [-0.1, -0.05) is 56.5 Å². The first-order valence-corrected chi connectivity index (χ1v) is 20.6. The number of ether oxygens (including phenoxy) is 1. The van der Waals surface area contributed by atoms with E-state index in [2.05, 4.69) is 68.9 Å². The highest BCUT2D eigenvalue weighted by Gasteiger charge is 2.39. The van der Waals surface area contributed by atoms with E-state index in [-0.39, 0.29) is 22.4 Å². The molecular weight excluding hydrogens is 639 g/mol. The Morgan fingerprint density at radius 3 is 2.60 bits per heavy atom. The van der Waals surface area contributed by atoms with Gasteiger partial charge >= 0.3 is 5.97 Å². The Hall–Kier alpha value is -2.90. The van der Waals surface area contributed by atoms with E-state index in [9.17, 15) is 9.59 Å². The first-order valence-electron chi connectivity index (χ1n) is 15.0. The second kappa shape index (κ2) is 15.6. The molecule has 3 aromatic rings. The van der Waals surface area contributed by atoms with Gasteiger partial charge in [-0.05, 0) is 66.9 Å². The maximum Gasteiger partial charge on any atom is 0.348 e. The molecular formula is C34H41N3O4S3Si. The highest BCUT2D eigenvalue weighted by molar-refractivity contribution is 8.13. The molecule has 0 bridgehead atoms. The highest BCUT2D eigenvalue weighted by atomic mass is 32.2. The lowest BCUT2D eigenvalue weighted by atomic mass is 10.0. The number of amides is 1. The Morgan fingerprint density at radius 1 is 1.11 bits per heavy atom. The van der Waals surface area contributed by atoms with Crippen LogP contribution < -0.4 is 0 Å². The zero-order valence-electron chi connectivity index (χ0n) is 26.8. The summed E-state index contributed by atoms with van der Waals surface area (Å²) in [4.78, 5) is 27.2. The largest absolute Gasteiger partial charge is 0.465 e. The summed E-state index contributed by atoms with van der Waals surface area (Å²) in [6.07, 6.45) is 2.19. The zero-order valence-corrected chi connectivity index (χ0v) is 30.3. The SMILES string of the molecule is COC(=O)c1ccc(CCN2C(=O)SCCN2CCC(Cc2cccc(C#Cc3csc(C#N)c3)c2)O[Si](C)(C)C(C)(C)C)s1. The maximum atomic E-state index is 13.0. The van der Waals surface area contributed by atoms with Gasteiger partial charge in [0.25, 0.3) is 5.24 Å². The van der Waals surface area contributed by atoms with Gasteiger partial charge in [0, 0.05) is 53.2 Å². The van der Waals surface area contributed by atoms with Crippen LogP contribution in [0.4, 0.5) is 4.79 Å². The van der Waals surface area contributed by atoms with Crippen molar-refractivity contribution in [3.05, 3.63) is 79.2 Å². The van der Waals surface area contributed by atoms with Crippen molar-refractivity contribution in [2.24, 2.45) is 0 Å². The maximum absolute atomic E-state index is 13.0. The second-order valence-electron chi connectivity index (χ2n) is 12.5. The number of nitrogens with zero attached hydrogens (tertiary/aromatic N) is 3. The average Bonchev–Trinajstić information content (AvgIpc) is 3.67. The van der Waals surface area contributed by atoms with E-state index >= 15 is 0 Å². The number of hydrogen-bond donors (Lipinski definition) is 0. The van der Waals surface area contributed by atoms with Crippen LogP contribution >= 0.6 is 34.4 Å². The molecule has 45 heavy (non-hydrogen) atoms. The average molecular weight is 680 g/mol. The van der Waals surface area contributed by atoms with Gasteiger partial charge in [0.15, 0.2) is 8.32 Å². The Morgan fingerprint density at radius 2 is 1.89 bits per heavy atom. The second-order valence-corrected chi connectivity index (χ2v) is 20.3. The van der Waals surface area contributed by atoms with Gasteiger partial charge in [0.1, 0.15) is 15.8 Å². The Bertz CT molecular complexity index is 1590. The number of thioether (sulfide) groups is 1. The molecule has 1 aliphatic heterocycles. The Balaban J connectivity index is 1.47. The molecule has 0 aliphatic carbocycles. The van der Waals surface area contributed by atoms with Gasteiger partial charge in [0.2, 0.25) is 0 Å². The number of carbonyl (C=O) groups is 2. The van der Waals surface area contributed by atoms with Gasteiger partial charge in [-0.2, -0.15) is 5.26 Å². The van der Waals surface area contributed by atoms with Crippen LogP contribution in [0.2, 0.25) is 18.1 Å². The summed E-state index contributed by atoms with van der Waals surface area (Å²) in [5.41, 5.74) is 2.94. The van der Waals surface area contributed by atoms with Crippen molar-refractivity contribution in [2.45, 2.75) is 64.3 Å². The molecule has 1 amide bonds. The van der Waals surface area contributed by atoms with Crippen LogP contribution in [0.5, 0.6) is 0 Å². The molecule has 4 rings (SSSR count). The molecule has 0 radical (unpaired) electrons. The van der Waals surface area contributed by atoms with Crippen molar-refractivity contribution in [2.75, 3.05) is 32.5 Å². The quantitative estimate of drug-likeness (QED) is 0.116. The van der Waals surface area contributed by atoms with Gasteiger partial charge in [-0.25, -0.2) is 9.80 Å². The third kappa shape index (κ3) is 9.79. The van der Waals surface area contributed by atoms with E-state index in [4.69, 9.17) is 14.4 Å². The summed E-state index contributed by atoms with van der Waals surface area (Å²) < 4.78 is 11.8. The molecule has 7 nitrogen and oxygen atoms in total. The summed E-state index contributed by atoms with van der Waals surface area (Å²) >= 11 is 4.18. The van der Waals surface area contributed by atoms with Crippen LogP contribution in [0.25, 0.3) is 0 Å². The van der Waals surface area contributed by atoms with E-state index < -0.39 is 8.32 Å². The lowest BCUT2D eigenvalue weighted by Gasteiger charge is -2.41. The number of rotatable bonds is 11. The first kappa shape index (κ1) is 35.0. The molecule has 1 aromatic carbocycles. The molecule has 1 aliphatic rings. The lowest BCUT2D eigenvalue weighted by molar-refractivity contribution is 0.0161. The summed E-state index contributed by atoms with van der Waals surface area (Å²) in [6, 6.07) is 16.0. The van der Waals surface area contributed by atoms with Crippen LogP contribution in [-0.2, 0) is 22.0 Å². The summed E-state index contributed by atoms with van der Waals surface area (Å²) in [5, 5.41) is 15.2. The van der Waals surface area contributed by atoms with Crippen LogP contribution in [0.3, 0.4) is 0 Å². The number of thiophene rings is 2. The van der Waals surface area contributed by atoms with E-state index in [0.717, 1.165) is 46.7 Å². The first-order chi connectivity index (χ1) is 21.4. The fourth-order valence-electron chi connectivity index (χ4n) is 4.69. The predicted octanol–water partition coefficient (Wildman–Crippen LogP) is 7.82. The fraction of sp³-hybridized carbons (Fsp3) is 0.441. The van der Waals surface area contributed by atoms with Crippen LogP contribution in [-0.4, -0.2) is 68.1 Å². The van der Waals surface area contributed by atoms with E-state index in [1.165, 1.54) is 41.5 Å². The Kier molecular flexibility index (Phi) is 12.1. The lowest BCUT2D eigenvalue weighted by Crippen LogP contribution is -2.51. The van der Waals surface area contributed by atoms with Gasteiger partial charge < -0.3 is 9.16 Å². The molecule has 0 saturated carbocycles. The number of nitriles is 1. The van der Waals surface area contributed by atoms with E-state index in [1.54, 1.807) is 6.07 Å². The molecule has 0 spiro atoms. The molecule has 1 unspecified atom stereocenters. The highest BCUT2D eigenvalue weighted by Crippen LogP contribution is 2.38. The Labute approximate surface area is 280 Å². The minimum atomic E-state index is -2.08. The van der Waals surface area contributed by atoms with Crippen molar-refractivity contribution in [1.29, 1.82) is 5.26 Å². The van der Waals surface area contributed by atoms with Crippen LogP contribution in [0, 0.1) is 23.2 Å². The minimum absolute atomic E-state index is 0.0180. The molecule has 1 atom stereocenters. The van der Waals surface area contributed by atoms with Crippen molar-refractivity contribution in [3.8, 4) is 17.9 Å². The number of methoxy groups -OCH3 is 1. The van der Waals surface area contributed by atoms with E-state index in [0.29, 0.717) is 29.3 Å². The third-order valence-electron chi connectivity index (χ3n) is 8.17. The van der Waals surface area contributed by atoms with Crippen molar-refractivity contribution in [3.63, 3.8) is 0 Å². The normalized spacial score (nSPS) is 14.9. The number of hydrazine groups is 1.